The minimum absolute atomic E-state index is 0.0392. The Hall–Kier alpha value is -0.880. The number of halogens is 3. The number of alkyl halides is 3. The molecule has 0 saturated heterocycles. The van der Waals surface area contributed by atoms with Crippen LogP contribution in [0.5, 0.6) is 11.5 Å². The van der Waals surface area contributed by atoms with Crippen LogP contribution >= 0.6 is 15.9 Å². The fourth-order valence-electron chi connectivity index (χ4n) is 1.90. The number of hydrogen-bond donors (Lipinski definition) is 0. The third-order valence-electron chi connectivity index (χ3n) is 2.89. The molecule has 0 aromatic heterocycles. The molecule has 6 heteroatoms. The van der Waals surface area contributed by atoms with Crippen LogP contribution in [-0.4, -0.2) is 32.9 Å². The van der Waals surface area contributed by atoms with Gasteiger partial charge in [0.1, 0.15) is 6.61 Å². The summed E-state index contributed by atoms with van der Waals surface area (Å²) < 4.78 is 39.9. The van der Waals surface area contributed by atoms with Crippen LogP contribution in [0.25, 0.3) is 0 Å². The van der Waals surface area contributed by atoms with Gasteiger partial charge in [0, 0.05) is 17.9 Å². The molecular formula is C14H17BrF2O3. The molecule has 1 aromatic carbocycles. The van der Waals surface area contributed by atoms with Crippen LogP contribution in [0.15, 0.2) is 18.2 Å². The van der Waals surface area contributed by atoms with Gasteiger partial charge in [0.15, 0.2) is 11.5 Å². The summed E-state index contributed by atoms with van der Waals surface area (Å²) in [5.41, 5.74) is 1.02. The molecule has 1 unspecified atom stereocenters. The highest BCUT2D eigenvalue weighted by Gasteiger charge is 2.14. The summed E-state index contributed by atoms with van der Waals surface area (Å²) in [5.74, 6) is 1.48. The van der Waals surface area contributed by atoms with E-state index in [0.29, 0.717) is 19.6 Å². The average Bonchev–Trinajstić information content (AvgIpc) is 2.67. The number of rotatable bonds is 6. The summed E-state index contributed by atoms with van der Waals surface area (Å²) in [4.78, 5) is 0.0392. The quantitative estimate of drug-likeness (QED) is 0.574. The Morgan fingerprint density at radius 2 is 1.95 bits per heavy atom. The van der Waals surface area contributed by atoms with Crippen LogP contribution in [0, 0.1) is 0 Å². The van der Waals surface area contributed by atoms with Gasteiger partial charge in [0.2, 0.25) is 0 Å². The van der Waals surface area contributed by atoms with E-state index in [0.717, 1.165) is 23.5 Å². The Bertz CT molecular complexity index is 429. The molecule has 0 N–H and O–H groups in total. The molecule has 1 aromatic rings. The smallest absolute Gasteiger partial charge is 0.261 e. The Morgan fingerprint density at radius 1 is 1.20 bits per heavy atom. The van der Waals surface area contributed by atoms with Crippen molar-refractivity contribution in [3.63, 3.8) is 0 Å². The maximum atomic E-state index is 11.9. The van der Waals surface area contributed by atoms with Gasteiger partial charge in [-0.05, 0) is 24.1 Å². The van der Waals surface area contributed by atoms with Crippen molar-refractivity contribution in [1.82, 2.24) is 0 Å². The fraction of sp³-hybridized carbons (Fsp3) is 0.571. The van der Waals surface area contributed by atoms with Crippen LogP contribution < -0.4 is 9.47 Å². The highest BCUT2D eigenvalue weighted by atomic mass is 79.9. The van der Waals surface area contributed by atoms with Crippen molar-refractivity contribution >= 4 is 15.9 Å². The fourth-order valence-corrected chi connectivity index (χ4v) is 2.37. The van der Waals surface area contributed by atoms with E-state index < -0.39 is 13.0 Å². The molecule has 0 amide bonds. The van der Waals surface area contributed by atoms with E-state index >= 15 is 0 Å². The lowest BCUT2D eigenvalue weighted by atomic mass is 10.1. The second kappa shape index (κ2) is 7.78. The summed E-state index contributed by atoms with van der Waals surface area (Å²) in [6, 6.07) is 5.75. The first-order valence-electron chi connectivity index (χ1n) is 6.56. The van der Waals surface area contributed by atoms with Crippen molar-refractivity contribution in [2.24, 2.45) is 0 Å². The Morgan fingerprint density at radius 3 is 2.70 bits per heavy atom. The second-order valence-corrected chi connectivity index (χ2v) is 5.58. The maximum absolute atomic E-state index is 11.9. The van der Waals surface area contributed by atoms with E-state index in [1.807, 2.05) is 18.2 Å². The van der Waals surface area contributed by atoms with E-state index in [-0.39, 0.29) is 11.4 Å². The number of ether oxygens (including phenoxy) is 3. The predicted molar refractivity (Wildman–Crippen MR) is 75.2 cm³/mol. The van der Waals surface area contributed by atoms with Crippen LogP contribution in [0.1, 0.15) is 23.2 Å². The zero-order valence-electron chi connectivity index (χ0n) is 11.0. The monoisotopic (exact) mass is 350 g/mol. The molecule has 0 saturated carbocycles. The lowest BCUT2D eigenvalue weighted by molar-refractivity contribution is 0.0167. The number of benzene rings is 1. The zero-order valence-corrected chi connectivity index (χ0v) is 12.6. The Kier molecular flexibility index (Phi) is 6.04. The molecule has 0 fully saturated rings. The normalized spacial score (nSPS) is 16.0. The molecule has 1 heterocycles. The van der Waals surface area contributed by atoms with Gasteiger partial charge >= 0.3 is 0 Å². The van der Waals surface area contributed by atoms with Crippen LogP contribution in [0.4, 0.5) is 8.78 Å². The maximum Gasteiger partial charge on any atom is 0.261 e. The third kappa shape index (κ3) is 4.59. The molecule has 112 valence electrons. The predicted octanol–water partition coefficient (Wildman–Crippen LogP) is 3.96. The highest BCUT2D eigenvalue weighted by Crippen LogP contribution is 2.35. The summed E-state index contributed by atoms with van der Waals surface area (Å²) in [6.07, 6.45) is -0.933. The van der Waals surface area contributed by atoms with Gasteiger partial charge in [-0.15, -0.1) is 0 Å². The minimum Gasteiger partial charge on any atom is -0.490 e. The third-order valence-corrected chi connectivity index (χ3v) is 3.88. The van der Waals surface area contributed by atoms with E-state index in [1.165, 1.54) is 0 Å². The second-order valence-electron chi connectivity index (χ2n) is 4.48. The summed E-state index contributed by atoms with van der Waals surface area (Å²) >= 11 is 3.54. The van der Waals surface area contributed by atoms with Gasteiger partial charge in [0.05, 0.1) is 13.2 Å². The van der Waals surface area contributed by atoms with Crippen LogP contribution in [0.3, 0.4) is 0 Å². The molecule has 3 nitrogen and oxygen atoms in total. The van der Waals surface area contributed by atoms with Crippen molar-refractivity contribution in [2.75, 3.05) is 26.4 Å². The molecular weight excluding hydrogens is 334 g/mol. The van der Waals surface area contributed by atoms with Crippen LogP contribution in [-0.2, 0) is 4.74 Å². The van der Waals surface area contributed by atoms with Gasteiger partial charge in [-0.25, -0.2) is 8.78 Å². The largest absolute Gasteiger partial charge is 0.490 e. The van der Waals surface area contributed by atoms with Gasteiger partial charge in [0.25, 0.3) is 6.43 Å². The van der Waals surface area contributed by atoms with Crippen LogP contribution in [0.2, 0.25) is 0 Å². The van der Waals surface area contributed by atoms with E-state index in [4.69, 9.17) is 14.2 Å². The highest BCUT2D eigenvalue weighted by molar-refractivity contribution is 9.09. The lowest BCUT2D eigenvalue weighted by Crippen LogP contribution is -2.06. The number of hydrogen-bond acceptors (Lipinski definition) is 3. The van der Waals surface area contributed by atoms with Gasteiger partial charge in [-0.3, -0.25) is 0 Å². The SMILES string of the molecule is FC(F)COCCC(Br)c1ccc2c(c1)OCCCO2. The molecule has 1 aliphatic rings. The first-order chi connectivity index (χ1) is 9.66. The van der Waals surface area contributed by atoms with Gasteiger partial charge in [-0.1, -0.05) is 22.0 Å². The Balaban J connectivity index is 1.89. The minimum atomic E-state index is -2.41. The lowest BCUT2D eigenvalue weighted by Gasteiger charge is -2.13. The van der Waals surface area contributed by atoms with Crippen molar-refractivity contribution < 1.29 is 23.0 Å². The number of fused-ring (bicyclic) bond motifs is 1. The van der Waals surface area contributed by atoms with Crippen molar-refractivity contribution in [1.29, 1.82) is 0 Å². The standard InChI is InChI=1S/C14H17BrF2O3/c15-11(4-7-18-9-14(16)17)10-2-3-12-13(8-10)20-6-1-5-19-12/h2-3,8,11,14H,1,4-7,9H2. The van der Waals surface area contributed by atoms with Crippen molar-refractivity contribution in [3.8, 4) is 11.5 Å². The summed E-state index contributed by atoms with van der Waals surface area (Å²) in [6.45, 7) is 1.07. The van der Waals surface area contributed by atoms with E-state index in [1.54, 1.807) is 0 Å². The Labute approximate surface area is 125 Å². The molecule has 1 aliphatic heterocycles. The molecule has 2 rings (SSSR count). The molecule has 0 spiro atoms. The molecule has 1 atom stereocenters. The molecule has 0 aliphatic carbocycles. The zero-order chi connectivity index (χ0) is 14.4. The van der Waals surface area contributed by atoms with Gasteiger partial charge < -0.3 is 14.2 Å². The molecule has 0 bridgehead atoms. The first-order valence-corrected chi connectivity index (χ1v) is 7.48. The molecule has 20 heavy (non-hydrogen) atoms. The summed E-state index contributed by atoms with van der Waals surface area (Å²) in [5, 5.41) is 0. The van der Waals surface area contributed by atoms with E-state index in [2.05, 4.69) is 15.9 Å². The molecule has 0 radical (unpaired) electrons. The first kappa shape index (κ1) is 15.5. The van der Waals surface area contributed by atoms with Crippen molar-refractivity contribution in [2.45, 2.75) is 24.1 Å². The van der Waals surface area contributed by atoms with E-state index in [9.17, 15) is 8.78 Å². The van der Waals surface area contributed by atoms with Crippen molar-refractivity contribution in [3.05, 3.63) is 23.8 Å². The average molecular weight is 351 g/mol. The summed E-state index contributed by atoms with van der Waals surface area (Å²) in [7, 11) is 0. The topological polar surface area (TPSA) is 27.7 Å². The van der Waals surface area contributed by atoms with Gasteiger partial charge in [-0.2, -0.15) is 0 Å².